The normalized spacial score (nSPS) is 17.2. The molecule has 3 heterocycles. The Labute approximate surface area is 149 Å². The summed E-state index contributed by atoms with van der Waals surface area (Å²) in [6.45, 7) is 3.51. The van der Waals surface area contributed by atoms with E-state index >= 15 is 0 Å². The van der Waals surface area contributed by atoms with Crippen LogP contribution in [0.2, 0.25) is 0 Å². The molecular formula is C17H20N4O5. The van der Waals surface area contributed by atoms with Crippen LogP contribution >= 0.6 is 0 Å². The maximum atomic E-state index is 12.9. The minimum atomic E-state index is -0.339. The molecule has 2 saturated heterocycles. The van der Waals surface area contributed by atoms with Crippen molar-refractivity contribution in [3.63, 3.8) is 0 Å². The smallest absolute Gasteiger partial charge is 0.410 e. The molecule has 2 aliphatic rings. The Morgan fingerprint density at radius 2 is 1.19 bits per heavy atom. The number of para-hydroxylation sites is 2. The Kier molecular flexibility index (Phi) is 4.27. The lowest BCUT2D eigenvalue weighted by molar-refractivity contribution is 0.157. The van der Waals surface area contributed by atoms with Gasteiger partial charge in [0.15, 0.2) is 0 Å². The van der Waals surface area contributed by atoms with Gasteiger partial charge in [-0.3, -0.25) is 9.13 Å². The van der Waals surface area contributed by atoms with Crippen molar-refractivity contribution in [2.45, 2.75) is 13.1 Å². The number of carbonyl (C=O) groups excluding carboxylic acids is 2. The third-order valence-corrected chi connectivity index (χ3v) is 4.80. The van der Waals surface area contributed by atoms with Crippen molar-refractivity contribution in [2.75, 3.05) is 39.4 Å². The average molecular weight is 360 g/mol. The predicted octanol–water partition coefficient (Wildman–Crippen LogP) is 0.707. The Bertz CT molecular complexity index is 832. The van der Waals surface area contributed by atoms with Gasteiger partial charge in [0.05, 0.1) is 24.1 Å². The third kappa shape index (κ3) is 2.89. The van der Waals surface area contributed by atoms with E-state index in [1.54, 1.807) is 18.9 Å². The number of benzene rings is 1. The summed E-state index contributed by atoms with van der Waals surface area (Å²) in [4.78, 5) is 39.3. The van der Waals surface area contributed by atoms with Gasteiger partial charge >= 0.3 is 17.9 Å². The van der Waals surface area contributed by atoms with Crippen LogP contribution in [0, 0.1) is 0 Å². The Morgan fingerprint density at radius 3 is 1.58 bits per heavy atom. The second-order valence-electron chi connectivity index (χ2n) is 6.28. The van der Waals surface area contributed by atoms with Crippen molar-refractivity contribution in [3.8, 4) is 0 Å². The van der Waals surface area contributed by atoms with E-state index in [1.165, 1.54) is 0 Å². The van der Waals surface area contributed by atoms with Crippen LogP contribution in [0.4, 0.5) is 9.59 Å². The molecule has 9 heteroatoms. The second-order valence-corrected chi connectivity index (χ2v) is 6.28. The zero-order valence-corrected chi connectivity index (χ0v) is 14.3. The molecule has 0 saturated carbocycles. The largest absolute Gasteiger partial charge is 0.448 e. The van der Waals surface area contributed by atoms with E-state index in [-0.39, 0.29) is 17.9 Å². The second kappa shape index (κ2) is 6.74. The molecule has 0 N–H and O–H groups in total. The summed E-state index contributed by atoms with van der Waals surface area (Å²) in [6, 6.07) is 7.54. The topological polar surface area (TPSA) is 86.0 Å². The van der Waals surface area contributed by atoms with Crippen LogP contribution in [-0.4, -0.2) is 70.5 Å². The average Bonchev–Trinajstić information content (AvgIpc) is 3.30. The summed E-state index contributed by atoms with van der Waals surface area (Å²) in [7, 11) is 0. The van der Waals surface area contributed by atoms with Gasteiger partial charge in [-0.05, 0) is 12.1 Å². The number of amides is 2. The SMILES string of the molecule is O=C1OCCN1CCn1c(=O)n(CCN2CCOC2=O)c2ccccc21. The van der Waals surface area contributed by atoms with Crippen LogP contribution in [0.15, 0.2) is 29.1 Å². The summed E-state index contributed by atoms with van der Waals surface area (Å²) < 4.78 is 13.2. The Hall–Kier alpha value is -2.97. The third-order valence-electron chi connectivity index (χ3n) is 4.80. The number of hydrogen-bond acceptors (Lipinski definition) is 5. The minimum Gasteiger partial charge on any atom is -0.448 e. The van der Waals surface area contributed by atoms with E-state index in [4.69, 9.17) is 9.47 Å². The summed E-state index contributed by atoms with van der Waals surface area (Å²) in [5, 5.41) is 0. The lowest BCUT2D eigenvalue weighted by Crippen LogP contribution is -2.34. The number of aromatic nitrogens is 2. The van der Waals surface area contributed by atoms with E-state index in [0.717, 1.165) is 11.0 Å². The van der Waals surface area contributed by atoms with Crippen LogP contribution in [0.3, 0.4) is 0 Å². The van der Waals surface area contributed by atoms with Crippen LogP contribution in [0.1, 0.15) is 0 Å². The van der Waals surface area contributed by atoms with Gasteiger partial charge in [0.1, 0.15) is 13.2 Å². The molecule has 1 aromatic carbocycles. The number of fused-ring (bicyclic) bond motifs is 1. The number of carbonyl (C=O) groups is 2. The van der Waals surface area contributed by atoms with Crippen LogP contribution in [0.25, 0.3) is 11.0 Å². The number of cyclic esters (lactones) is 2. The molecule has 2 aliphatic heterocycles. The van der Waals surface area contributed by atoms with Crippen LogP contribution in [0.5, 0.6) is 0 Å². The number of imidazole rings is 1. The van der Waals surface area contributed by atoms with Gasteiger partial charge in [-0.1, -0.05) is 12.1 Å². The van der Waals surface area contributed by atoms with Crippen LogP contribution < -0.4 is 5.69 Å². The zero-order chi connectivity index (χ0) is 18.1. The van der Waals surface area contributed by atoms with Gasteiger partial charge in [0.2, 0.25) is 0 Å². The molecule has 4 rings (SSSR count). The van der Waals surface area contributed by atoms with Crippen molar-refractivity contribution in [2.24, 2.45) is 0 Å². The fraction of sp³-hybridized carbons (Fsp3) is 0.471. The van der Waals surface area contributed by atoms with Crippen LogP contribution in [-0.2, 0) is 22.6 Å². The molecule has 0 atom stereocenters. The summed E-state index contributed by atoms with van der Waals surface area (Å²) >= 11 is 0. The van der Waals surface area contributed by atoms with Crippen molar-refractivity contribution in [1.29, 1.82) is 0 Å². The van der Waals surface area contributed by atoms with E-state index in [2.05, 4.69) is 0 Å². The maximum Gasteiger partial charge on any atom is 0.410 e. The van der Waals surface area contributed by atoms with Gasteiger partial charge in [0, 0.05) is 26.2 Å². The van der Waals surface area contributed by atoms with Gasteiger partial charge < -0.3 is 19.3 Å². The molecule has 2 amide bonds. The molecule has 0 aliphatic carbocycles. The quantitative estimate of drug-likeness (QED) is 0.757. The van der Waals surface area contributed by atoms with Gasteiger partial charge in [-0.25, -0.2) is 14.4 Å². The minimum absolute atomic E-state index is 0.147. The summed E-state index contributed by atoms with van der Waals surface area (Å²) in [6.07, 6.45) is -0.677. The van der Waals surface area contributed by atoms with Crippen molar-refractivity contribution in [3.05, 3.63) is 34.7 Å². The van der Waals surface area contributed by atoms with Gasteiger partial charge in [-0.2, -0.15) is 0 Å². The highest BCUT2D eigenvalue weighted by molar-refractivity contribution is 5.76. The first-order valence-electron chi connectivity index (χ1n) is 8.66. The van der Waals surface area contributed by atoms with Crippen molar-refractivity contribution in [1.82, 2.24) is 18.9 Å². The Balaban J connectivity index is 1.57. The van der Waals surface area contributed by atoms with E-state index in [1.807, 2.05) is 24.3 Å². The molecule has 0 bridgehead atoms. The maximum absolute atomic E-state index is 12.9. The number of ether oxygens (including phenoxy) is 2. The first-order chi connectivity index (χ1) is 12.6. The molecule has 2 aromatic rings. The zero-order valence-electron chi connectivity index (χ0n) is 14.3. The van der Waals surface area contributed by atoms with E-state index in [0.29, 0.717) is 52.5 Å². The summed E-state index contributed by atoms with van der Waals surface area (Å²) in [5.74, 6) is 0. The fourth-order valence-electron chi connectivity index (χ4n) is 3.40. The lowest BCUT2D eigenvalue weighted by atomic mass is 10.3. The molecule has 138 valence electrons. The predicted molar refractivity (Wildman–Crippen MR) is 92.0 cm³/mol. The molecule has 9 nitrogen and oxygen atoms in total. The molecule has 1 aromatic heterocycles. The molecule has 2 fully saturated rings. The molecule has 0 radical (unpaired) electrons. The van der Waals surface area contributed by atoms with Crippen molar-refractivity contribution >= 4 is 23.2 Å². The number of nitrogens with zero attached hydrogens (tertiary/aromatic N) is 4. The molecule has 0 spiro atoms. The van der Waals surface area contributed by atoms with E-state index in [9.17, 15) is 14.4 Å². The number of hydrogen-bond donors (Lipinski definition) is 0. The first kappa shape index (κ1) is 16.5. The standard InChI is InChI=1S/C17H20N4O5/c22-15-20(7-5-18-9-11-25-16(18)23)13-3-1-2-4-14(13)21(15)8-6-19-10-12-26-17(19)24/h1-4H,5-12H2. The van der Waals surface area contributed by atoms with Gasteiger partial charge in [0.25, 0.3) is 0 Å². The Morgan fingerprint density at radius 1 is 0.731 bits per heavy atom. The van der Waals surface area contributed by atoms with Gasteiger partial charge in [-0.15, -0.1) is 0 Å². The fourth-order valence-corrected chi connectivity index (χ4v) is 3.40. The highest BCUT2D eigenvalue weighted by Gasteiger charge is 2.24. The highest BCUT2D eigenvalue weighted by Crippen LogP contribution is 2.14. The first-order valence-corrected chi connectivity index (χ1v) is 8.66. The molecule has 26 heavy (non-hydrogen) atoms. The van der Waals surface area contributed by atoms with Crippen molar-refractivity contribution < 1.29 is 19.1 Å². The summed E-state index contributed by atoms with van der Waals surface area (Å²) in [5.41, 5.74) is 1.48. The molecular weight excluding hydrogens is 340 g/mol. The molecule has 0 unspecified atom stereocenters. The lowest BCUT2D eigenvalue weighted by Gasteiger charge is -2.13. The highest BCUT2D eigenvalue weighted by atomic mass is 16.6. The monoisotopic (exact) mass is 360 g/mol. The number of rotatable bonds is 6. The van der Waals surface area contributed by atoms with E-state index < -0.39 is 0 Å².